The zero-order chi connectivity index (χ0) is 14.8. The highest BCUT2D eigenvalue weighted by atomic mass is 79.9. The van der Waals surface area contributed by atoms with Crippen LogP contribution in [-0.2, 0) is 12.8 Å². The Balaban J connectivity index is 1.91. The number of likely N-dealkylation sites (N-methyl/N-ethyl adjacent to an activating group) is 1. The summed E-state index contributed by atoms with van der Waals surface area (Å²) >= 11 is 3.60. The first kappa shape index (κ1) is 14.5. The lowest BCUT2D eigenvalue weighted by Gasteiger charge is -2.18. The number of hydrogen-bond acceptors (Lipinski definition) is 3. The van der Waals surface area contributed by atoms with Crippen molar-refractivity contribution in [1.82, 2.24) is 10.3 Å². The third kappa shape index (κ3) is 3.11. The molecule has 0 bridgehead atoms. The molecular formula is C17H19BrN2O. The summed E-state index contributed by atoms with van der Waals surface area (Å²) in [5.74, 6) is 1.06. The number of rotatable bonds is 4. The van der Waals surface area contributed by atoms with Crippen molar-refractivity contribution in [3.8, 4) is 5.75 Å². The van der Waals surface area contributed by atoms with Gasteiger partial charge in [-0.05, 0) is 61.3 Å². The van der Waals surface area contributed by atoms with Crippen LogP contribution in [0.4, 0.5) is 0 Å². The maximum Gasteiger partial charge on any atom is 0.125 e. The fourth-order valence-electron chi connectivity index (χ4n) is 2.82. The first-order valence-corrected chi connectivity index (χ1v) is 8.00. The lowest BCUT2D eigenvalue weighted by Crippen LogP contribution is -2.20. The second-order valence-corrected chi connectivity index (χ2v) is 6.37. The summed E-state index contributed by atoms with van der Waals surface area (Å²) in [6.45, 7) is 2.88. The molecule has 0 spiro atoms. The Hall–Kier alpha value is -1.39. The molecule has 1 atom stereocenters. The zero-order valence-electron chi connectivity index (χ0n) is 12.3. The van der Waals surface area contributed by atoms with E-state index in [-0.39, 0.29) is 6.04 Å². The van der Waals surface area contributed by atoms with Crippen molar-refractivity contribution in [1.29, 1.82) is 0 Å². The molecule has 0 radical (unpaired) electrons. The molecule has 2 aromatic rings. The van der Waals surface area contributed by atoms with Crippen LogP contribution in [0.3, 0.4) is 0 Å². The van der Waals surface area contributed by atoms with Gasteiger partial charge in [-0.25, -0.2) is 0 Å². The Morgan fingerprint density at radius 2 is 2.24 bits per heavy atom. The monoisotopic (exact) mass is 346 g/mol. The average molecular weight is 347 g/mol. The smallest absolute Gasteiger partial charge is 0.125 e. The highest BCUT2D eigenvalue weighted by Gasteiger charge is 2.21. The van der Waals surface area contributed by atoms with Crippen LogP contribution in [0.1, 0.15) is 28.4 Å². The van der Waals surface area contributed by atoms with Gasteiger partial charge in [-0.1, -0.05) is 15.9 Å². The maximum atomic E-state index is 5.82. The lowest BCUT2D eigenvalue weighted by molar-refractivity contribution is 0.352. The second-order valence-electron chi connectivity index (χ2n) is 5.46. The molecule has 3 rings (SSSR count). The van der Waals surface area contributed by atoms with E-state index < -0.39 is 0 Å². The molecule has 1 aliphatic heterocycles. The van der Waals surface area contributed by atoms with Crippen LogP contribution < -0.4 is 10.1 Å². The molecule has 1 aliphatic rings. The first-order valence-electron chi connectivity index (χ1n) is 7.21. The molecule has 3 nitrogen and oxygen atoms in total. The summed E-state index contributed by atoms with van der Waals surface area (Å²) < 4.78 is 6.94. The fourth-order valence-corrected chi connectivity index (χ4v) is 3.37. The Morgan fingerprint density at radius 3 is 3.00 bits per heavy atom. The molecule has 1 aromatic carbocycles. The molecule has 1 aromatic heterocycles. The van der Waals surface area contributed by atoms with E-state index in [4.69, 9.17) is 4.74 Å². The molecule has 2 heterocycles. The Morgan fingerprint density at radius 1 is 1.38 bits per heavy atom. The Kier molecular flexibility index (Phi) is 4.27. The van der Waals surface area contributed by atoms with Gasteiger partial charge in [-0.15, -0.1) is 0 Å². The Bertz CT molecular complexity index is 657. The van der Waals surface area contributed by atoms with E-state index in [9.17, 15) is 0 Å². The highest BCUT2D eigenvalue weighted by Crippen LogP contribution is 2.35. The van der Waals surface area contributed by atoms with Crippen LogP contribution in [0.25, 0.3) is 0 Å². The Labute approximate surface area is 133 Å². The molecule has 110 valence electrons. The minimum Gasteiger partial charge on any atom is -0.493 e. The molecule has 0 saturated heterocycles. The minimum atomic E-state index is 0.188. The maximum absolute atomic E-state index is 5.82. The number of aryl methyl sites for hydroxylation is 1. The van der Waals surface area contributed by atoms with Crippen molar-refractivity contribution in [3.05, 3.63) is 57.3 Å². The number of benzene rings is 1. The van der Waals surface area contributed by atoms with E-state index >= 15 is 0 Å². The van der Waals surface area contributed by atoms with Crippen LogP contribution in [0, 0.1) is 6.92 Å². The van der Waals surface area contributed by atoms with Crippen molar-refractivity contribution < 1.29 is 4.74 Å². The molecule has 4 heteroatoms. The third-order valence-electron chi connectivity index (χ3n) is 3.89. The molecule has 0 saturated carbocycles. The summed E-state index contributed by atoms with van der Waals surface area (Å²) in [5, 5.41) is 3.37. The largest absolute Gasteiger partial charge is 0.493 e. The summed E-state index contributed by atoms with van der Waals surface area (Å²) in [6, 6.07) is 8.67. The molecule has 1 unspecified atom stereocenters. The number of pyridine rings is 1. The van der Waals surface area contributed by atoms with Gasteiger partial charge >= 0.3 is 0 Å². The van der Waals surface area contributed by atoms with Crippen molar-refractivity contribution in [3.63, 3.8) is 0 Å². The predicted molar refractivity (Wildman–Crippen MR) is 87.8 cm³/mol. The minimum absolute atomic E-state index is 0.188. The quantitative estimate of drug-likeness (QED) is 0.918. The van der Waals surface area contributed by atoms with E-state index in [0.717, 1.165) is 35.4 Å². The molecular weight excluding hydrogens is 328 g/mol. The van der Waals surface area contributed by atoms with E-state index in [1.807, 2.05) is 19.3 Å². The van der Waals surface area contributed by atoms with Gasteiger partial charge in [-0.2, -0.15) is 0 Å². The number of nitrogens with one attached hydrogen (secondary N) is 1. The van der Waals surface area contributed by atoms with Crippen LogP contribution in [0.2, 0.25) is 0 Å². The van der Waals surface area contributed by atoms with Crippen LogP contribution in [0.15, 0.2) is 34.9 Å². The average Bonchev–Trinajstić information content (AvgIpc) is 2.92. The van der Waals surface area contributed by atoms with E-state index in [2.05, 4.69) is 51.4 Å². The van der Waals surface area contributed by atoms with E-state index in [1.165, 1.54) is 16.7 Å². The van der Waals surface area contributed by atoms with Gasteiger partial charge < -0.3 is 10.1 Å². The second kappa shape index (κ2) is 6.16. The summed E-state index contributed by atoms with van der Waals surface area (Å²) in [4.78, 5) is 4.51. The number of fused-ring (bicyclic) bond motifs is 1. The molecule has 0 fully saturated rings. The van der Waals surface area contributed by atoms with Crippen molar-refractivity contribution in [2.45, 2.75) is 25.8 Å². The number of nitrogens with zero attached hydrogens (tertiary/aromatic N) is 1. The van der Waals surface area contributed by atoms with E-state index in [1.54, 1.807) is 0 Å². The molecule has 0 amide bonds. The number of ether oxygens (including phenoxy) is 1. The summed E-state index contributed by atoms with van der Waals surface area (Å²) in [5.41, 5.74) is 4.84. The van der Waals surface area contributed by atoms with Crippen LogP contribution >= 0.6 is 15.9 Å². The summed E-state index contributed by atoms with van der Waals surface area (Å²) in [6.07, 6.45) is 3.74. The van der Waals surface area contributed by atoms with Crippen molar-refractivity contribution in [2.24, 2.45) is 0 Å². The van der Waals surface area contributed by atoms with Crippen LogP contribution in [0.5, 0.6) is 5.75 Å². The standard InChI is InChI=1S/C17H19BrN2O/c1-11-3-5-20-16(7-11)15(19-2)10-13-9-14(18)8-12-4-6-21-17(12)13/h3,5,7-9,15,19H,4,6,10H2,1-2H3. The normalized spacial score (nSPS) is 14.6. The third-order valence-corrected chi connectivity index (χ3v) is 4.35. The molecule has 1 N–H and O–H groups in total. The van der Waals surface area contributed by atoms with Crippen LogP contribution in [-0.4, -0.2) is 18.6 Å². The van der Waals surface area contributed by atoms with Gasteiger partial charge in [-0.3, -0.25) is 4.98 Å². The number of aromatic nitrogens is 1. The van der Waals surface area contributed by atoms with Gasteiger partial charge in [0.05, 0.1) is 18.3 Å². The summed E-state index contributed by atoms with van der Waals surface area (Å²) in [7, 11) is 1.98. The molecule has 0 aliphatic carbocycles. The molecule has 21 heavy (non-hydrogen) atoms. The van der Waals surface area contributed by atoms with Crippen molar-refractivity contribution in [2.75, 3.05) is 13.7 Å². The zero-order valence-corrected chi connectivity index (χ0v) is 13.9. The van der Waals surface area contributed by atoms with Gasteiger partial charge in [0.25, 0.3) is 0 Å². The first-order chi connectivity index (χ1) is 10.2. The topological polar surface area (TPSA) is 34.1 Å². The SMILES string of the molecule is CNC(Cc1cc(Br)cc2c1OCC2)c1cc(C)ccn1. The predicted octanol–water partition coefficient (Wildman–Crippen LogP) is 3.59. The lowest BCUT2D eigenvalue weighted by atomic mass is 9.99. The highest BCUT2D eigenvalue weighted by molar-refractivity contribution is 9.10. The van der Waals surface area contributed by atoms with Gasteiger partial charge in [0, 0.05) is 17.1 Å². The fraction of sp³-hybridized carbons (Fsp3) is 0.353. The van der Waals surface area contributed by atoms with Gasteiger partial charge in [0.15, 0.2) is 0 Å². The van der Waals surface area contributed by atoms with Gasteiger partial charge in [0.2, 0.25) is 0 Å². The number of halogens is 1. The van der Waals surface area contributed by atoms with Crippen molar-refractivity contribution >= 4 is 15.9 Å². The van der Waals surface area contributed by atoms with E-state index in [0.29, 0.717) is 0 Å². The number of hydrogen-bond donors (Lipinski definition) is 1. The van der Waals surface area contributed by atoms with Gasteiger partial charge in [0.1, 0.15) is 5.75 Å².